The summed E-state index contributed by atoms with van der Waals surface area (Å²) in [4.78, 5) is 5.80. The number of benzene rings is 2. The molecule has 0 saturated carbocycles. The standard InChI is InChI=1S/C15H15NO2S2/c1-16-15(17)18-11-12-7-9-14(10-8-12)20-19-13-5-3-2-4-6-13/h2-10H,11H2,1H3,(H,16,17)/p-1. The molecule has 0 amide bonds. The van der Waals surface area contributed by atoms with E-state index in [1.807, 2.05) is 42.5 Å². The Morgan fingerprint density at radius 2 is 1.60 bits per heavy atom. The molecule has 20 heavy (non-hydrogen) atoms. The van der Waals surface area contributed by atoms with Gasteiger partial charge in [0.1, 0.15) is 6.08 Å². The zero-order valence-corrected chi connectivity index (χ0v) is 12.6. The van der Waals surface area contributed by atoms with E-state index in [1.165, 1.54) is 11.9 Å². The molecular formula is C15H14NO2S2-. The van der Waals surface area contributed by atoms with Gasteiger partial charge in [-0.15, -0.1) is 0 Å². The Morgan fingerprint density at radius 3 is 2.20 bits per heavy atom. The van der Waals surface area contributed by atoms with E-state index in [1.54, 1.807) is 21.6 Å². The summed E-state index contributed by atoms with van der Waals surface area (Å²) >= 11 is 0. The number of hydrogen-bond acceptors (Lipinski definition) is 5. The molecule has 5 heteroatoms. The summed E-state index contributed by atoms with van der Waals surface area (Å²) in [5, 5.41) is 10.9. The Morgan fingerprint density at radius 1 is 1.00 bits per heavy atom. The average Bonchev–Trinajstić information content (AvgIpc) is 2.52. The first-order valence-corrected chi connectivity index (χ1v) is 8.18. The van der Waals surface area contributed by atoms with Crippen LogP contribution in [0.1, 0.15) is 5.56 Å². The van der Waals surface area contributed by atoms with Crippen LogP contribution in [0.25, 0.3) is 0 Å². The Bertz CT molecular complexity index is 556. The van der Waals surface area contributed by atoms with Crippen molar-refractivity contribution >= 4 is 27.7 Å². The molecule has 104 valence electrons. The maximum absolute atomic E-state index is 10.9. The fourth-order valence-electron chi connectivity index (χ4n) is 1.42. The highest BCUT2D eigenvalue weighted by Gasteiger charge is 1.97. The van der Waals surface area contributed by atoms with Crippen molar-refractivity contribution in [2.24, 2.45) is 4.99 Å². The number of nitrogens with zero attached hydrogens (tertiary/aromatic N) is 1. The smallest absolute Gasteiger partial charge is 0.145 e. The number of rotatable bonds is 5. The normalized spacial score (nSPS) is 11.3. The fourth-order valence-corrected chi connectivity index (χ4v) is 3.38. The maximum Gasteiger partial charge on any atom is 0.145 e. The monoisotopic (exact) mass is 304 g/mol. The highest BCUT2D eigenvalue weighted by Crippen LogP contribution is 2.36. The molecule has 0 fully saturated rings. The second-order valence-corrected chi connectivity index (χ2v) is 6.18. The predicted octanol–water partition coefficient (Wildman–Crippen LogP) is 3.35. The lowest BCUT2D eigenvalue weighted by molar-refractivity contribution is -0.252. The molecule has 0 aliphatic heterocycles. The van der Waals surface area contributed by atoms with Crippen molar-refractivity contribution in [3.05, 3.63) is 60.2 Å². The molecule has 2 aromatic rings. The minimum absolute atomic E-state index is 0.257. The van der Waals surface area contributed by atoms with Crippen molar-refractivity contribution < 1.29 is 9.84 Å². The average molecular weight is 304 g/mol. The highest BCUT2D eigenvalue weighted by atomic mass is 33.1. The largest absolute Gasteiger partial charge is 0.596 e. The molecule has 0 spiro atoms. The van der Waals surface area contributed by atoms with Crippen molar-refractivity contribution in [1.29, 1.82) is 0 Å². The van der Waals surface area contributed by atoms with E-state index in [-0.39, 0.29) is 6.61 Å². The molecule has 0 saturated heterocycles. The van der Waals surface area contributed by atoms with Crippen molar-refractivity contribution in [3.8, 4) is 0 Å². The summed E-state index contributed by atoms with van der Waals surface area (Å²) < 4.78 is 4.93. The lowest BCUT2D eigenvalue weighted by atomic mass is 10.2. The van der Waals surface area contributed by atoms with Crippen LogP contribution in [-0.4, -0.2) is 13.1 Å². The van der Waals surface area contributed by atoms with Crippen molar-refractivity contribution in [1.82, 2.24) is 0 Å². The quantitative estimate of drug-likeness (QED) is 0.483. The molecule has 0 aromatic heterocycles. The molecule has 0 atom stereocenters. The summed E-state index contributed by atoms with van der Waals surface area (Å²) in [7, 11) is 4.84. The third-order valence-corrected chi connectivity index (χ3v) is 4.86. The van der Waals surface area contributed by atoms with Gasteiger partial charge in [-0.2, -0.15) is 0 Å². The molecule has 0 unspecified atom stereocenters. The van der Waals surface area contributed by atoms with E-state index < -0.39 is 6.08 Å². The number of aliphatic imine (C=N–C) groups is 1. The number of ether oxygens (including phenoxy) is 1. The first-order chi connectivity index (χ1) is 9.78. The molecule has 0 aliphatic rings. The van der Waals surface area contributed by atoms with Crippen LogP contribution in [0, 0.1) is 0 Å². The SMILES string of the molecule is CN=C([O-])OCc1ccc(SSc2ccccc2)cc1. The number of hydrogen-bond donors (Lipinski definition) is 0. The van der Waals surface area contributed by atoms with Gasteiger partial charge in [0, 0.05) is 23.4 Å². The third kappa shape index (κ3) is 4.83. The summed E-state index contributed by atoms with van der Waals surface area (Å²) in [6.45, 7) is 0.257. The molecule has 0 aliphatic carbocycles. The summed E-state index contributed by atoms with van der Waals surface area (Å²) in [5.74, 6) is 0. The Balaban J connectivity index is 1.85. The van der Waals surface area contributed by atoms with Crippen LogP contribution in [0.3, 0.4) is 0 Å². The van der Waals surface area contributed by atoms with Gasteiger partial charge in [0.2, 0.25) is 0 Å². The predicted molar refractivity (Wildman–Crippen MR) is 82.7 cm³/mol. The first kappa shape index (κ1) is 14.8. The van der Waals surface area contributed by atoms with Gasteiger partial charge in [-0.05, 0) is 29.8 Å². The minimum Gasteiger partial charge on any atom is -0.596 e. The van der Waals surface area contributed by atoms with Crippen molar-refractivity contribution in [3.63, 3.8) is 0 Å². The molecular weight excluding hydrogens is 290 g/mol. The van der Waals surface area contributed by atoms with E-state index in [4.69, 9.17) is 4.74 Å². The van der Waals surface area contributed by atoms with Crippen LogP contribution in [-0.2, 0) is 11.3 Å². The maximum atomic E-state index is 10.9. The minimum atomic E-state index is -0.539. The van der Waals surface area contributed by atoms with E-state index in [0.29, 0.717) is 0 Å². The van der Waals surface area contributed by atoms with E-state index in [9.17, 15) is 5.11 Å². The third-order valence-electron chi connectivity index (χ3n) is 2.45. The van der Waals surface area contributed by atoms with Gasteiger partial charge in [-0.25, -0.2) is 0 Å². The molecule has 2 aromatic carbocycles. The highest BCUT2D eigenvalue weighted by molar-refractivity contribution is 8.76. The van der Waals surface area contributed by atoms with Gasteiger partial charge in [-0.1, -0.05) is 51.9 Å². The Kier molecular flexibility index (Phi) is 5.83. The van der Waals surface area contributed by atoms with Gasteiger partial charge in [0.15, 0.2) is 0 Å². The van der Waals surface area contributed by atoms with E-state index in [0.717, 1.165) is 10.5 Å². The van der Waals surface area contributed by atoms with Crippen LogP contribution in [0.4, 0.5) is 0 Å². The van der Waals surface area contributed by atoms with Crippen LogP contribution in [0.15, 0.2) is 69.4 Å². The van der Waals surface area contributed by atoms with Gasteiger partial charge in [0.25, 0.3) is 0 Å². The first-order valence-electron chi connectivity index (χ1n) is 6.03. The van der Waals surface area contributed by atoms with E-state index >= 15 is 0 Å². The molecule has 0 bridgehead atoms. The summed E-state index contributed by atoms with van der Waals surface area (Å²) in [6.07, 6.45) is -0.539. The van der Waals surface area contributed by atoms with Crippen molar-refractivity contribution in [2.45, 2.75) is 16.4 Å². The zero-order valence-electron chi connectivity index (χ0n) is 11.0. The molecule has 3 nitrogen and oxygen atoms in total. The van der Waals surface area contributed by atoms with Crippen LogP contribution >= 0.6 is 21.6 Å². The lowest BCUT2D eigenvalue weighted by Crippen LogP contribution is -2.20. The van der Waals surface area contributed by atoms with Crippen LogP contribution < -0.4 is 5.11 Å². The fraction of sp³-hybridized carbons (Fsp3) is 0.133. The van der Waals surface area contributed by atoms with Crippen molar-refractivity contribution in [2.75, 3.05) is 7.05 Å². The topological polar surface area (TPSA) is 44.7 Å². The Hall–Kier alpha value is -1.59. The summed E-state index contributed by atoms with van der Waals surface area (Å²) in [6, 6.07) is 18.2. The second kappa shape index (κ2) is 7.87. The summed E-state index contributed by atoms with van der Waals surface area (Å²) in [5.41, 5.74) is 0.955. The lowest BCUT2D eigenvalue weighted by Gasteiger charge is -2.13. The zero-order chi connectivity index (χ0) is 14.2. The molecule has 0 radical (unpaired) electrons. The van der Waals surface area contributed by atoms with Crippen LogP contribution in [0.2, 0.25) is 0 Å². The Labute approximate surface area is 126 Å². The van der Waals surface area contributed by atoms with Gasteiger partial charge >= 0.3 is 0 Å². The molecule has 2 rings (SSSR count). The van der Waals surface area contributed by atoms with Gasteiger partial charge in [0.05, 0.1) is 0 Å². The molecule has 0 heterocycles. The van der Waals surface area contributed by atoms with Crippen LogP contribution in [0.5, 0.6) is 0 Å². The molecule has 0 N–H and O–H groups in total. The van der Waals surface area contributed by atoms with Gasteiger partial charge < -0.3 is 9.84 Å². The van der Waals surface area contributed by atoms with E-state index in [2.05, 4.69) is 17.1 Å². The van der Waals surface area contributed by atoms with Gasteiger partial charge in [-0.3, -0.25) is 4.99 Å². The second-order valence-electron chi connectivity index (χ2n) is 3.90.